The van der Waals surface area contributed by atoms with Crippen LogP contribution in [0.15, 0.2) is 53.7 Å². The highest BCUT2D eigenvalue weighted by Crippen LogP contribution is 2.31. The molecule has 146 valence electrons. The first kappa shape index (κ1) is 20.7. The van der Waals surface area contributed by atoms with Crippen molar-refractivity contribution in [3.8, 4) is 17.1 Å². The number of carbonyl (C=O) groups is 1. The lowest BCUT2D eigenvalue weighted by Crippen LogP contribution is -2.14. The van der Waals surface area contributed by atoms with Crippen molar-refractivity contribution in [3.63, 3.8) is 0 Å². The Bertz CT molecular complexity index is 944. The van der Waals surface area contributed by atoms with Crippen molar-refractivity contribution in [1.82, 2.24) is 14.8 Å². The number of hydrogen-bond acceptors (Lipinski definition) is 5. The third-order valence-corrected chi connectivity index (χ3v) is 5.61. The normalized spacial score (nSPS) is 10.7. The molecule has 8 heteroatoms. The van der Waals surface area contributed by atoms with E-state index in [1.807, 2.05) is 66.9 Å². The maximum absolute atomic E-state index is 12.3. The number of rotatable bonds is 8. The molecule has 0 fully saturated rings. The quantitative estimate of drug-likeness (QED) is 0.353. The number of carbonyl (C=O) groups excluding carboxylic acids is 1. The fourth-order valence-electron chi connectivity index (χ4n) is 2.67. The van der Waals surface area contributed by atoms with Gasteiger partial charge in [-0.1, -0.05) is 23.9 Å². The third-order valence-electron chi connectivity index (χ3n) is 3.92. The van der Waals surface area contributed by atoms with Crippen LogP contribution in [0, 0.1) is 3.57 Å². The first-order valence-corrected chi connectivity index (χ1v) is 11.0. The lowest BCUT2D eigenvalue weighted by Gasteiger charge is -2.11. The van der Waals surface area contributed by atoms with Crippen molar-refractivity contribution >= 4 is 45.9 Å². The van der Waals surface area contributed by atoms with Gasteiger partial charge in [-0.3, -0.25) is 4.79 Å². The van der Waals surface area contributed by atoms with Gasteiger partial charge in [0.15, 0.2) is 11.0 Å². The summed E-state index contributed by atoms with van der Waals surface area (Å²) in [5.41, 5.74) is 1.68. The van der Waals surface area contributed by atoms with Crippen LogP contribution in [0.3, 0.4) is 0 Å². The predicted molar refractivity (Wildman–Crippen MR) is 121 cm³/mol. The van der Waals surface area contributed by atoms with Crippen LogP contribution in [0.25, 0.3) is 11.4 Å². The van der Waals surface area contributed by atoms with Crippen molar-refractivity contribution in [2.75, 3.05) is 17.7 Å². The largest absolute Gasteiger partial charge is 0.493 e. The molecule has 0 aliphatic heterocycles. The highest BCUT2D eigenvalue weighted by molar-refractivity contribution is 14.1. The summed E-state index contributed by atoms with van der Waals surface area (Å²) in [6.45, 7) is 5.27. The zero-order chi connectivity index (χ0) is 19.9. The number of benzene rings is 2. The molecule has 0 saturated carbocycles. The molecule has 0 bridgehead atoms. The smallest absolute Gasteiger partial charge is 0.234 e. The first-order chi connectivity index (χ1) is 13.6. The highest BCUT2D eigenvalue weighted by atomic mass is 127. The summed E-state index contributed by atoms with van der Waals surface area (Å²) in [4.78, 5) is 12.3. The number of aromatic nitrogens is 3. The molecule has 1 amide bonds. The van der Waals surface area contributed by atoms with Crippen molar-refractivity contribution in [1.29, 1.82) is 0 Å². The summed E-state index contributed by atoms with van der Waals surface area (Å²) in [6.07, 6.45) is 0. The number of thioether (sulfide) groups is 1. The molecule has 0 spiro atoms. The van der Waals surface area contributed by atoms with E-state index in [0.29, 0.717) is 18.3 Å². The molecule has 0 aliphatic rings. The second-order valence-corrected chi connectivity index (χ2v) is 8.01. The molecule has 3 aromatic rings. The Balaban J connectivity index is 1.72. The van der Waals surface area contributed by atoms with E-state index >= 15 is 0 Å². The minimum absolute atomic E-state index is 0.0758. The maximum atomic E-state index is 12.3. The van der Waals surface area contributed by atoms with Crippen LogP contribution < -0.4 is 10.1 Å². The zero-order valence-corrected chi connectivity index (χ0v) is 18.7. The lowest BCUT2D eigenvalue weighted by molar-refractivity contribution is -0.113. The molecule has 3 rings (SSSR count). The van der Waals surface area contributed by atoms with Crippen LogP contribution in [0.2, 0.25) is 0 Å². The molecule has 28 heavy (non-hydrogen) atoms. The van der Waals surface area contributed by atoms with E-state index in [1.54, 1.807) is 0 Å². The number of ether oxygens (including phenoxy) is 1. The molecule has 2 aromatic carbocycles. The van der Waals surface area contributed by atoms with Crippen molar-refractivity contribution in [2.45, 2.75) is 25.5 Å². The highest BCUT2D eigenvalue weighted by Gasteiger charge is 2.17. The zero-order valence-electron chi connectivity index (χ0n) is 15.7. The Morgan fingerprint density at radius 3 is 2.61 bits per heavy atom. The maximum Gasteiger partial charge on any atom is 0.234 e. The second-order valence-electron chi connectivity index (χ2n) is 5.82. The van der Waals surface area contributed by atoms with Gasteiger partial charge >= 0.3 is 0 Å². The van der Waals surface area contributed by atoms with Crippen molar-refractivity contribution in [3.05, 3.63) is 52.1 Å². The fraction of sp³-hybridized carbons (Fsp3) is 0.250. The topological polar surface area (TPSA) is 69.0 Å². The monoisotopic (exact) mass is 508 g/mol. The third kappa shape index (κ3) is 5.05. The average molecular weight is 508 g/mol. The van der Waals surface area contributed by atoms with E-state index in [0.717, 1.165) is 26.4 Å². The summed E-state index contributed by atoms with van der Waals surface area (Å²) in [5.74, 6) is 1.71. The Labute approximate surface area is 182 Å². The Kier molecular flexibility index (Phi) is 7.32. The van der Waals surface area contributed by atoms with E-state index in [1.165, 1.54) is 11.8 Å². The van der Waals surface area contributed by atoms with E-state index in [4.69, 9.17) is 4.74 Å². The van der Waals surface area contributed by atoms with Crippen LogP contribution in [0.1, 0.15) is 13.8 Å². The van der Waals surface area contributed by atoms with Gasteiger partial charge in [0.1, 0.15) is 5.75 Å². The molecule has 0 radical (unpaired) electrons. The molecular formula is C20H21IN4O2S. The van der Waals surface area contributed by atoms with Crippen LogP contribution in [-0.2, 0) is 11.3 Å². The summed E-state index contributed by atoms with van der Waals surface area (Å²) < 4.78 is 8.85. The molecule has 0 atom stereocenters. The second kappa shape index (κ2) is 9.92. The molecular weight excluding hydrogens is 487 g/mol. The van der Waals surface area contributed by atoms with E-state index in [9.17, 15) is 4.79 Å². The van der Waals surface area contributed by atoms with Crippen LogP contribution >= 0.6 is 34.4 Å². The van der Waals surface area contributed by atoms with Crippen LogP contribution in [0.5, 0.6) is 5.75 Å². The number of amides is 1. The predicted octanol–water partition coefficient (Wildman–Crippen LogP) is 4.70. The summed E-state index contributed by atoms with van der Waals surface area (Å²) in [7, 11) is 0. The Morgan fingerprint density at radius 2 is 1.89 bits per heavy atom. The average Bonchev–Trinajstić information content (AvgIpc) is 3.11. The molecule has 0 saturated heterocycles. The van der Waals surface area contributed by atoms with Gasteiger partial charge in [0, 0.05) is 15.8 Å². The van der Waals surface area contributed by atoms with Gasteiger partial charge in [-0.15, -0.1) is 10.2 Å². The SMILES string of the molecule is CCOc1ccccc1-c1nnc(SCC(=O)Nc2ccc(I)cc2)n1CC. The number of nitrogens with one attached hydrogen (secondary N) is 1. The van der Waals surface area contributed by atoms with Crippen molar-refractivity contribution in [2.24, 2.45) is 0 Å². The minimum Gasteiger partial charge on any atom is -0.493 e. The van der Waals surface area contributed by atoms with E-state index in [2.05, 4.69) is 38.1 Å². The standard InChI is InChI=1S/C20H21IN4O2S/c1-3-25-19(16-7-5-6-8-17(16)27-4-2)23-24-20(25)28-13-18(26)22-15-11-9-14(21)10-12-15/h5-12H,3-4,13H2,1-2H3,(H,22,26). The van der Waals surface area contributed by atoms with Crippen molar-refractivity contribution < 1.29 is 9.53 Å². The minimum atomic E-state index is -0.0758. The fourth-order valence-corrected chi connectivity index (χ4v) is 3.83. The van der Waals surface area contributed by atoms with Gasteiger partial charge in [-0.2, -0.15) is 0 Å². The number of nitrogens with zero attached hydrogens (tertiary/aromatic N) is 3. The first-order valence-electron chi connectivity index (χ1n) is 8.96. The number of para-hydroxylation sites is 1. The van der Waals surface area contributed by atoms with Gasteiger partial charge in [0.25, 0.3) is 0 Å². The number of hydrogen-bond donors (Lipinski definition) is 1. The molecule has 1 heterocycles. The molecule has 0 aliphatic carbocycles. The van der Waals surface area contributed by atoms with Crippen LogP contribution in [-0.4, -0.2) is 33.0 Å². The molecule has 0 unspecified atom stereocenters. The lowest BCUT2D eigenvalue weighted by atomic mass is 10.2. The molecule has 1 N–H and O–H groups in total. The Hall–Kier alpha value is -2.07. The summed E-state index contributed by atoms with van der Waals surface area (Å²) in [5, 5.41) is 12.3. The van der Waals surface area contributed by atoms with E-state index in [-0.39, 0.29) is 11.7 Å². The summed E-state index contributed by atoms with van der Waals surface area (Å²) >= 11 is 3.60. The van der Waals surface area contributed by atoms with Gasteiger partial charge in [-0.05, 0) is 72.8 Å². The summed E-state index contributed by atoms with van der Waals surface area (Å²) in [6, 6.07) is 15.5. The van der Waals surface area contributed by atoms with Gasteiger partial charge < -0.3 is 14.6 Å². The molecule has 6 nitrogen and oxygen atoms in total. The number of halogens is 1. The van der Waals surface area contributed by atoms with Gasteiger partial charge in [0.2, 0.25) is 5.91 Å². The Morgan fingerprint density at radius 1 is 1.14 bits per heavy atom. The molecule has 1 aromatic heterocycles. The number of anilines is 1. The van der Waals surface area contributed by atoms with Gasteiger partial charge in [0.05, 0.1) is 17.9 Å². The van der Waals surface area contributed by atoms with E-state index < -0.39 is 0 Å². The van der Waals surface area contributed by atoms with Crippen LogP contribution in [0.4, 0.5) is 5.69 Å². The van der Waals surface area contributed by atoms with Gasteiger partial charge in [-0.25, -0.2) is 0 Å².